The first-order valence-corrected chi connectivity index (χ1v) is 14.6. The Balaban J connectivity index is 1.69. The van der Waals surface area contributed by atoms with E-state index in [0.717, 1.165) is 27.8 Å². The Kier molecular flexibility index (Phi) is 5.00. The van der Waals surface area contributed by atoms with Crippen molar-refractivity contribution in [1.29, 1.82) is 0 Å². The highest BCUT2D eigenvalue weighted by Crippen LogP contribution is 2.61. The quantitative estimate of drug-likeness (QED) is 0.322. The lowest BCUT2D eigenvalue weighted by atomic mass is 9.84. The number of hydrogen-bond donors (Lipinski definition) is 0. The Morgan fingerprint density at radius 2 is 1.49 bits per heavy atom. The van der Waals surface area contributed by atoms with Gasteiger partial charge in [-0.1, -0.05) is 92.4 Å². The smallest absolute Gasteiger partial charge is 0.165 e. The third kappa shape index (κ3) is 3.08. The lowest BCUT2D eigenvalue weighted by Gasteiger charge is -2.34. The number of benzene rings is 3. The highest BCUT2D eigenvalue weighted by Gasteiger charge is 2.46. The molecular weight excluding hydrogens is 467 g/mol. The molecule has 0 bridgehead atoms. The van der Waals surface area contributed by atoms with Gasteiger partial charge < -0.3 is 4.90 Å². The van der Waals surface area contributed by atoms with E-state index in [2.05, 4.69) is 99.4 Å². The van der Waals surface area contributed by atoms with Crippen LogP contribution in [0.25, 0.3) is 5.69 Å². The summed E-state index contributed by atoms with van der Waals surface area (Å²) in [4.78, 5) is 7.37. The zero-order valence-electron chi connectivity index (χ0n) is 20.3. The van der Waals surface area contributed by atoms with Crippen LogP contribution in [-0.4, -0.2) is 23.0 Å². The fourth-order valence-corrected chi connectivity index (χ4v) is 10.3. The Hall–Kier alpha value is -3.27. The SMILES string of the molecule is Cc1nn(-c2ccccc2)c2c1P(=S)(c1ccccc1)/C(=C1/N(C)c3ccccc3C1(C)C)C=N2. The monoisotopic (exact) mass is 494 g/mol. The van der Waals surface area contributed by atoms with Crippen LogP contribution in [0, 0.1) is 6.92 Å². The largest absolute Gasteiger partial charge is 0.346 e. The van der Waals surface area contributed by atoms with Crippen LogP contribution in [0.4, 0.5) is 11.5 Å². The summed E-state index contributed by atoms with van der Waals surface area (Å²) < 4.78 is 1.95. The molecule has 0 spiro atoms. The lowest BCUT2D eigenvalue weighted by molar-refractivity contribution is 0.639. The molecular formula is C29H27N4PS. The van der Waals surface area contributed by atoms with Crippen molar-refractivity contribution < 1.29 is 0 Å². The third-order valence-electron chi connectivity index (χ3n) is 7.20. The van der Waals surface area contributed by atoms with Gasteiger partial charge in [0.15, 0.2) is 5.82 Å². The molecule has 3 aromatic carbocycles. The van der Waals surface area contributed by atoms with E-state index in [1.54, 1.807) is 0 Å². The summed E-state index contributed by atoms with van der Waals surface area (Å²) in [6.45, 7) is 6.67. The Labute approximate surface area is 211 Å². The lowest BCUT2D eigenvalue weighted by Crippen LogP contribution is -2.30. The number of anilines is 1. The molecule has 0 saturated heterocycles. The molecule has 0 saturated carbocycles. The Morgan fingerprint density at radius 3 is 2.17 bits per heavy atom. The minimum Gasteiger partial charge on any atom is -0.346 e. The van der Waals surface area contributed by atoms with Crippen LogP contribution in [0.15, 0.2) is 101 Å². The summed E-state index contributed by atoms with van der Waals surface area (Å²) in [6, 6.07) is 27.0. The van der Waals surface area contributed by atoms with Crippen LogP contribution in [0.5, 0.6) is 0 Å². The van der Waals surface area contributed by atoms with Crippen molar-refractivity contribution in [1.82, 2.24) is 9.78 Å². The fraction of sp³-hybridized carbons (Fsp3) is 0.172. The first-order chi connectivity index (χ1) is 16.8. The predicted octanol–water partition coefficient (Wildman–Crippen LogP) is 5.97. The fourth-order valence-electron chi connectivity index (χ4n) is 5.63. The zero-order chi connectivity index (χ0) is 24.4. The maximum absolute atomic E-state index is 6.83. The number of fused-ring (bicyclic) bond motifs is 2. The molecule has 174 valence electrons. The van der Waals surface area contributed by atoms with Crippen molar-refractivity contribution in [2.45, 2.75) is 26.2 Å². The van der Waals surface area contributed by atoms with Crippen molar-refractivity contribution >= 4 is 46.2 Å². The highest BCUT2D eigenvalue weighted by molar-refractivity contribution is 8.24. The molecule has 0 N–H and O–H groups in total. The molecule has 6 heteroatoms. The van der Waals surface area contributed by atoms with Crippen molar-refractivity contribution in [3.63, 3.8) is 0 Å². The molecule has 3 heterocycles. The number of likely N-dealkylation sites (N-methyl/N-ethyl adjacent to an activating group) is 1. The predicted molar refractivity (Wildman–Crippen MR) is 151 cm³/mol. The Morgan fingerprint density at radius 1 is 0.857 bits per heavy atom. The minimum atomic E-state index is -2.46. The van der Waals surface area contributed by atoms with E-state index >= 15 is 0 Å². The van der Waals surface area contributed by atoms with Gasteiger partial charge in [-0.05, 0) is 36.0 Å². The van der Waals surface area contributed by atoms with Crippen LogP contribution < -0.4 is 15.5 Å². The standard InChI is InChI=1S/C29H27N4PS/c1-20-26-28(33(31-20)21-13-7-5-8-14-21)30-19-25(34(26,35)22-15-9-6-10-16-22)27-29(2,3)23-17-11-12-18-24(23)32(27)4/h5-19H,1-4H3/b27-25+. The van der Waals surface area contributed by atoms with Gasteiger partial charge in [0.25, 0.3) is 0 Å². The van der Waals surface area contributed by atoms with Crippen molar-refractivity contribution in [2.24, 2.45) is 4.99 Å². The first-order valence-electron chi connectivity index (χ1n) is 11.8. The van der Waals surface area contributed by atoms with Crippen LogP contribution >= 0.6 is 6.04 Å². The van der Waals surface area contributed by atoms with E-state index in [-0.39, 0.29) is 5.41 Å². The van der Waals surface area contributed by atoms with Gasteiger partial charge in [-0.25, -0.2) is 9.67 Å². The summed E-state index contributed by atoms with van der Waals surface area (Å²) in [5.41, 5.74) is 5.51. The first kappa shape index (κ1) is 22.2. The van der Waals surface area contributed by atoms with Gasteiger partial charge in [0.1, 0.15) is 0 Å². The summed E-state index contributed by atoms with van der Waals surface area (Å²) in [7, 11) is 2.16. The van der Waals surface area contributed by atoms with Crippen LogP contribution in [0.1, 0.15) is 25.1 Å². The zero-order valence-corrected chi connectivity index (χ0v) is 22.0. The summed E-state index contributed by atoms with van der Waals surface area (Å²) in [5, 5.41) is 8.37. The van der Waals surface area contributed by atoms with E-state index in [4.69, 9.17) is 21.9 Å². The van der Waals surface area contributed by atoms with E-state index in [1.807, 2.05) is 29.1 Å². The molecule has 1 atom stereocenters. The van der Waals surface area contributed by atoms with Crippen LogP contribution in [-0.2, 0) is 17.2 Å². The third-order valence-corrected chi connectivity index (χ3v) is 12.2. The molecule has 0 fully saturated rings. The topological polar surface area (TPSA) is 33.4 Å². The molecule has 4 nitrogen and oxygen atoms in total. The van der Waals surface area contributed by atoms with E-state index < -0.39 is 6.04 Å². The average Bonchev–Trinajstić information content (AvgIpc) is 3.32. The maximum atomic E-state index is 6.83. The van der Waals surface area contributed by atoms with E-state index in [1.165, 1.54) is 22.3 Å². The normalized spacial score (nSPS) is 22.2. The van der Waals surface area contributed by atoms with Gasteiger partial charge in [-0.2, -0.15) is 5.10 Å². The van der Waals surface area contributed by atoms with Gasteiger partial charge in [-0.15, -0.1) is 0 Å². The molecule has 6 rings (SSSR count). The van der Waals surface area contributed by atoms with E-state index in [9.17, 15) is 0 Å². The summed E-state index contributed by atoms with van der Waals surface area (Å²) >= 11 is 6.83. The molecule has 0 aliphatic carbocycles. The molecule has 2 aliphatic heterocycles. The van der Waals surface area contributed by atoms with Crippen LogP contribution in [0.2, 0.25) is 0 Å². The number of rotatable bonds is 2. The number of nitrogens with zero attached hydrogens (tertiary/aromatic N) is 4. The molecule has 35 heavy (non-hydrogen) atoms. The molecule has 4 aromatic rings. The molecule has 2 aliphatic rings. The minimum absolute atomic E-state index is 0.202. The second kappa shape index (κ2) is 7.87. The number of hydrogen-bond acceptors (Lipinski definition) is 4. The number of para-hydroxylation sites is 2. The number of aliphatic imine (C=N–C) groups is 1. The second-order valence-electron chi connectivity index (χ2n) is 9.64. The Bertz CT molecular complexity index is 1560. The van der Waals surface area contributed by atoms with Gasteiger partial charge in [0, 0.05) is 41.4 Å². The number of aromatic nitrogens is 2. The van der Waals surface area contributed by atoms with Crippen molar-refractivity contribution in [2.75, 3.05) is 11.9 Å². The number of allylic oxidation sites excluding steroid dienone is 2. The highest BCUT2D eigenvalue weighted by atomic mass is 32.4. The molecule has 0 radical (unpaired) electrons. The molecule has 1 aromatic heterocycles. The second-order valence-corrected chi connectivity index (χ2v) is 14.0. The summed E-state index contributed by atoms with van der Waals surface area (Å²) in [6.07, 6.45) is 2.04. The molecule has 1 unspecified atom stereocenters. The van der Waals surface area contributed by atoms with Gasteiger partial charge in [0.05, 0.1) is 16.7 Å². The van der Waals surface area contributed by atoms with Gasteiger partial charge >= 0.3 is 0 Å². The van der Waals surface area contributed by atoms with Crippen molar-refractivity contribution in [3.05, 3.63) is 107 Å². The van der Waals surface area contributed by atoms with Crippen molar-refractivity contribution in [3.8, 4) is 5.69 Å². The van der Waals surface area contributed by atoms with Crippen LogP contribution in [0.3, 0.4) is 0 Å². The van der Waals surface area contributed by atoms with E-state index in [0.29, 0.717) is 0 Å². The molecule has 0 amide bonds. The maximum Gasteiger partial charge on any atom is 0.165 e. The van der Waals surface area contributed by atoms with Gasteiger partial charge in [0.2, 0.25) is 0 Å². The summed E-state index contributed by atoms with van der Waals surface area (Å²) in [5.74, 6) is 0.848. The van der Waals surface area contributed by atoms with Gasteiger partial charge in [-0.3, -0.25) is 0 Å². The number of aryl methyl sites for hydroxylation is 1. The average molecular weight is 495 g/mol.